The monoisotopic (exact) mass is 464 g/mol. The average molecular weight is 465 g/mol. The summed E-state index contributed by atoms with van der Waals surface area (Å²) in [4.78, 5) is 18.7. The molecule has 0 aromatic heterocycles. The van der Waals surface area contributed by atoms with Gasteiger partial charge in [-0.25, -0.2) is 12.8 Å². The van der Waals surface area contributed by atoms with Gasteiger partial charge >= 0.3 is 0 Å². The summed E-state index contributed by atoms with van der Waals surface area (Å²) >= 11 is 1.29. The molecule has 10 heteroatoms. The number of benzene rings is 2. The third-order valence-corrected chi connectivity index (χ3v) is 8.41. The van der Waals surface area contributed by atoms with Gasteiger partial charge in [0.25, 0.3) is 5.91 Å². The molecule has 0 saturated carbocycles. The summed E-state index contributed by atoms with van der Waals surface area (Å²) in [7, 11) is -0.130. The van der Waals surface area contributed by atoms with Gasteiger partial charge in [0.05, 0.1) is 43.9 Å². The van der Waals surface area contributed by atoms with Crippen molar-refractivity contribution < 1.29 is 27.1 Å². The molecule has 2 heterocycles. The maximum Gasteiger partial charge on any atom is 0.252 e. The second kappa shape index (κ2) is 8.51. The van der Waals surface area contributed by atoms with Gasteiger partial charge < -0.3 is 14.4 Å². The van der Waals surface area contributed by atoms with E-state index in [-0.39, 0.29) is 35.0 Å². The Labute approximate surface area is 184 Å². The fourth-order valence-electron chi connectivity index (χ4n) is 3.75. The Morgan fingerprint density at radius 3 is 2.58 bits per heavy atom. The van der Waals surface area contributed by atoms with Crippen LogP contribution in [0, 0.1) is 5.82 Å². The number of halogens is 1. The van der Waals surface area contributed by atoms with Crippen molar-refractivity contribution in [3.8, 4) is 11.5 Å². The first-order valence-electron chi connectivity index (χ1n) is 9.54. The van der Waals surface area contributed by atoms with E-state index >= 15 is 0 Å². The molecule has 4 rings (SSSR count). The molecule has 2 atom stereocenters. The predicted molar refractivity (Wildman–Crippen MR) is 118 cm³/mol. The molecule has 0 spiro atoms. The zero-order valence-electron chi connectivity index (χ0n) is 16.9. The van der Waals surface area contributed by atoms with Gasteiger partial charge in [-0.05, 0) is 29.8 Å². The number of sulfone groups is 1. The Morgan fingerprint density at radius 2 is 1.90 bits per heavy atom. The predicted octanol–water partition coefficient (Wildman–Crippen LogP) is 2.69. The molecule has 7 nitrogen and oxygen atoms in total. The largest absolute Gasteiger partial charge is 0.497 e. The van der Waals surface area contributed by atoms with E-state index in [1.807, 2.05) is 0 Å². The lowest BCUT2D eigenvalue weighted by Gasteiger charge is -2.26. The molecule has 0 unspecified atom stereocenters. The number of fused-ring (bicyclic) bond motifs is 1. The summed E-state index contributed by atoms with van der Waals surface area (Å²) in [6.45, 7) is 0. The van der Waals surface area contributed by atoms with Gasteiger partial charge in [-0.15, -0.1) is 0 Å². The van der Waals surface area contributed by atoms with E-state index < -0.39 is 15.7 Å². The Bertz CT molecular complexity index is 1130. The Morgan fingerprint density at radius 1 is 1.16 bits per heavy atom. The second-order valence-corrected chi connectivity index (χ2v) is 10.7. The van der Waals surface area contributed by atoms with Crippen molar-refractivity contribution in [3.63, 3.8) is 0 Å². The van der Waals surface area contributed by atoms with E-state index in [1.165, 1.54) is 31.0 Å². The maximum atomic E-state index is 13.1. The number of amidine groups is 1. The zero-order valence-corrected chi connectivity index (χ0v) is 18.6. The van der Waals surface area contributed by atoms with Crippen LogP contribution in [-0.4, -0.2) is 56.5 Å². The molecule has 2 aromatic rings. The molecule has 164 valence electrons. The highest BCUT2D eigenvalue weighted by Gasteiger charge is 2.50. The highest BCUT2D eigenvalue weighted by atomic mass is 32.2. The van der Waals surface area contributed by atoms with Crippen LogP contribution in [-0.2, 0) is 21.1 Å². The Balaban J connectivity index is 1.69. The van der Waals surface area contributed by atoms with E-state index in [4.69, 9.17) is 9.47 Å². The number of amides is 1. The fourth-order valence-corrected chi connectivity index (χ4v) is 7.68. The smallest absolute Gasteiger partial charge is 0.252 e. The molecular formula is C21H21FN2O5S2. The van der Waals surface area contributed by atoms with Crippen LogP contribution in [0.3, 0.4) is 0 Å². The van der Waals surface area contributed by atoms with Crippen LogP contribution in [0.15, 0.2) is 47.5 Å². The number of nitrogens with zero attached hydrogens (tertiary/aromatic N) is 2. The number of hydrogen-bond donors (Lipinski definition) is 0. The van der Waals surface area contributed by atoms with Crippen LogP contribution < -0.4 is 14.4 Å². The van der Waals surface area contributed by atoms with Gasteiger partial charge in [0.1, 0.15) is 17.3 Å². The molecule has 0 radical (unpaired) electrons. The van der Waals surface area contributed by atoms with Crippen molar-refractivity contribution in [2.24, 2.45) is 4.99 Å². The number of thioether (sulfide) groups is 1. The number of methoxy groups -OCH3 is 2. The van der Waals surface area contributed by atoms with Crippen LogP contribution in [0.5, 0.6) is 11.5 Å². The van der Waals surface area contributed by atoms with Crippen LogP contribution in [0.25, 0.3) is 0 Å². The van der Waals surface area contributed by atoms with Crippen LogP contribution in [0.1, 0.15) is 5.56 Å². The summed E-state index contributed by atoms with van der Waals surface area (Å²) in [5, 5.41) is 0.203. The van der Waals surface area contributed by atoms with Crippen molar-refractivity contribution in [2.75, 3.05) is 30.6 Å². The first kappa shape index (κ1) is 21.6. The highest BCUT2D eigenvalue weighted by Crippen LogP contribution is 2.44. The number of rotatable bonds is 5. The van der Waals surface area contributed by atoms with Crippen molar-refractivity contribution >= 4 is 38.4 Å². The fraction of sp³-hybridized carbons (Fsp3) is 0.333. The number of hydrogen-bond acceptors (Lipinski definition) is 6. The standard InChI is InChI=1S/C21H21FN2O5S2/c1-28-15-7-8-16(18(10-15)29-2)24-17-11-31(26,27)12-19(17)30-21(24)23-20(25)9-13-3-5-14(22)6-4-13/h3-8,10,17,19H,9,11-12H2,1-2H3/t17-,19-/m1/s1. The third-order valence-electron chi connectivity index (χ3n) is 5.20. The van der Waals surface area contributed by atoms with Crippen LogP contribution >= 0.6 is 11.8 Å². The second-order valence-electron chi connectivity index (χ2n) is 7.30. The minimum atomic E-state index is -3.19. The van der Waals surface area contributed by atoms with Crippen molar-refractivity contribution in [2.45, 2.75) is 17.7 Å². The number of carbonyl (C=O) groups excluding carboxylic acids is 1. The lowest BCUT2D eigenvalue weighted by molar-refractivity contribution is -0.117. The topological polar surface area (TPSA) is 85.3 Å². The van der Waals surface area contributed by atoms with Gasteiger partial charge in [0.2, 0.25) is 0 Å². The summed E-state index contributed by atoms with van der Waals surface area (Å²) in [5.41, 5.74) is 1.27. The van der Waals surface area contributed by atoms with E-state index in [1.54, 1.807) is 42.3 Å². The molecule has 31 heavy (non-hydrogen) atoms. The van der Waals surface area contributed by atoms with Gasteiger partial charge in [-0.1, -0.05) is 23.9 Å². The number of ether oxygens (including phenoxy) is 2. The summed E-state index contributed by atoms with van der Waals surface area (Å²) in [6, 6.07) is 10.5. The average Bonchev–Trinajstić information content (AvgIpc) is 3.19. The molecule has 0 aliphatic carbocycles. The summed E-state index contributed by atoms with van der Waals surface area (Å²) in [5.74, 6) is 0.320. The van der Waals surface area contributed by atoms with E-state index in [0.717, 1.165) is 0 Å². The molecule has 2 aromatic carbocycles. The van der Waals surface area contributed by atoms with E-state index in [2.05, 4.69) is 4.99 Å². The van der Waals surface area contributed by atoms with Gasteiger partial charge in [0.15, 0.2) is 15.0 Å². The molecule has 1 amide bonds. The minimum Gasteiger partial charge on any atom is -0.497 e. The molecule has 2 aliphatic heterocycles. The number of carbonyl (C=O) groups is 1. The lowest BCUT2D eigenvalue weighted by Crippen LogP contribution is -2.38. The van der Waals surface area contributed by atoms with Gasteiger partial charge in [0, 0.05) is 11.3 Å². The summed E-state index contributed by atoms with van der Waals surface area (Å²) < 4.78 is 48.4. The Hall–Kier alpha value is -2.59. The SMILES string of the molecule is COc1ccc(N2C(=NC(=O)Cc3ccc(F)cc3)S[C@@H]3CS(=O)(=O)C[C@H]32)c(OC)c1. The van der Waals surface area contributed by atoms with Gasteiger partial charge in [-0.2, -0.15) is 4.99 Å². The number of aliphatic imine (C=N–C) groups is 1. The Kier molecular flexibility index (Phi) is 5.94. The quantitative estimate of drug-likeness (QED) is 0.673. The third kappa shape index (κ3) is 4.54. The normalized spacial score (nSPS) is 23.1. The first-order valence-corrected chi connectivity index (χ1v) is 12.2. The molecule has 0 bridgehead atoms. The minimum absolute atomic E-state index is 0.0194. The highest BCUT2D eigenvalue weighted by molar-refractivity contribution is 8.16. The maximum absolute atomic E-state index is 13.1. The van der Waals surface area contributed by atoms with E-state index in [0.29, 0.717) is 27.9 Å². The molecule has 2 fully saturated rings. The van der Waals surface area contributed by atoms with Crippen molar-refractivity contribution in [3.05, 3.63) is 53.8 Å². The number of anilines is 1. The van der Waals surface area contributed by atoms with Crippen LogP contribution in [0.2, 0.25) is 0 Å². The zero-order chi connectivity index (χ0) is 22.2. The van der Waals surface area contributed by atoms with Crippen molar-refractivity contribution in [1.29, 1.82) is 0 Å². The summed E-state index contributed by atoms with van der Waals surface area (Å²) in [6.07, 6.45) is 0.0194. The van der Waals surface area contributed by atoms with Crippen molar-refractivity contribution in [1.82, 2.24) is 0 Å². The molecule has 2 aliphatic rings. The van der Waals surface area contributed by atoms with Gasteiger partial charge in [-0.3, -0.25) is 4.79 Å². The molecule has 2 saturated heterocycles. The molecule has 0 N–H and O–H groups in total. The first-order chi connectivity index (χ1) is 14.8. The van der Waals surface area contributed by atoms with E-state index in [9.17, 15) is 17.6 Å². The lowest BCUT2D eigenvalue weighted by atomic mass is 10.1. The van der Waals surface area contributed by atoms with Crippen LogP contribution in [0.4, 0.5) is 10.1 Å². The molecular weight excluding hydrogens is 443 g/mol.